The zero-order valence-electron chi connectivity index (χ0n) is 17.2. The summed E-state index contributed by atoms with van der Waals surface area (Å²) in [6, 6.07) is 14.1. The Balaban J connectivity index is 1.52. The summed E-state index contributed by atoms with van der Waals surface area (Å²) in [5.41, 5.74) is 5.84. The highest BCUT2D eigenvalue weighted by Gasteiger charge is 2.25. The summed E-state index contributed by atoms with van der Waals surface area (Å²) in [5, 5.41) is 8.75. The van der Waals surface area contributed by atoms with Crippen LogP contribution in [-0.4, -0.2) is 31.9 Å². The fourth-order valence-corrected chi connectivity index (χ4v) is 3.92. The van der Waals surface area contributed by atoms with Crippen LogP contribution < -0.4 is 0 Å². The Morgan fingerprint density at radius 2 is 2.14 bits per heavy atom. The SMILES string of the molecule is CN(Cc1cn(-c2[c]ccc(C(C)(C)C)c2)nn1)C1CCCc2cccnc21. The molecule has 0 fully saturated rings. The third-order valence-corrected chi connectivity index (χ3v) is 5.55. The minimum Gasteiger partial charge on any atom is -0.292 e. The first-order valence-electron chi connectivity index (χ1n) is 9.99. The Bertz CT molecular complexity index is 953. The molecule has 1 unspecified atom stereocenters. The van der Waals surface area contributed by atoms with Crippen molar-refractivity contribution in [1.29, 1.82) is 0 Å². The largest absolute Gasteiger partial charge is 0.292 e. The summed E-state index contributed by atoms with van der Waals surface area (Å²) >= 11 is 0. The fourth-order valence-electron chi connectivity index (χ4n) is 3.92. The summed E-state index contributed by atoms with van der Waals surface area (Å²) in [5.74, 6) is 0. The van der Waals surface area contributed by atoms with Gasteiger partial charge in [-0.05, 0) is 55.0 Å². The Morgan fingerprint density at radius 3 is 2.96 bits per heavy atom. The summed E-state index contributed by atoms with van der Waals surface area (Å²) in [6.45, 7) is 7.39. The minimum atomic E-state index is 0.0921. The van der Waals surface area contributed by atoms with Crippen LogP contribution in [0, 0.1) is 6.07 Å². The standard InChI is InChI=1S/C23H28N5/c1-23(2,3)18-10-6-11-20(14-18)28-16-19(25-26-28)15-27(4)21-12-5-8-17-9-7-13-24-22(17)21/h6-7,9-10,13-14,16,21H,5,8,12,15H2,1-4H3. The summed E-state index contributed by atoms with van der Waals surface area (Å²) in [6.07, 6.45) is 7.38. The van der Waals surface area contributed by atoms with Crippen LogP contribution in [-0.2, 0) is 18.4 Å². The van der Waals surface area contributed by atoms with E-state index in [-0.39, 0.29) is 5.41 Å². The van der Waals surface area contributed by atoms with E-state index in [2.05, 4.69) is 72.3 Å². The molecule has 2 aromatic heterocycles. The van der Waals surface area contributed by atoms with Crippen LogP contribution in [0.2, 0.25) is 0 Å². The van der Waals surface area contributed by atoms with E-state index in [0.717, 1.165) is 30.8 Å². The highest BCUT2D eigenvalue weighted by Crippen LogP contribution is 2.32. The van der Waals surface area contributed by atoms with Gasteiger partial charge in [-0.1, -0.05) is 44.2 Å². The molecule has 145 valence electrons. The third-order valence-electron chi connectivity index (χ3n) is 5.55. The monoisotopic (exact) mass is 374 g/mol. The van der Waals surface area contributed by atoms with Gasteiger partial charge in [-0.15, -0.1) is 5.10 Å². The predicted octanol–water partition coefficient (Wildman–Crippen LogP) is 4.27. The number of hydrogen-bond acceptors (Lipinski definition) is 4. The molecule has 5 nitrogen and oxygen atoms in total. The molecular formula is C23H28N5. The average molecular weight is 375 g/mol. The van der Waals surface area contributed by atoms with Crippen molar-refractivity contribution in [3.63, 3.8) is 0 Å². The van der Waals surface area contributed by atoms with E-state index in [0.29, 0.717) is 6.04 Å². The number of benzene rings is 1. The Labute approximate surface area is 167 Å². The van der Waals surface area contributed by atoms with Crippen molar-refractivity contribution in [2.75, 3.05) is 7.05 Å². The highest BCUT2D eigenvalue weighted by atomic mass is 15.4. The first kappa shape index (κ1) is 18.8. The van der Waals surface area contributed by atoms with Crippen LogP contribution in [0.4, 0.5) is 0 Å². The van der Waals surface area contributed by atoms with Crippen molar-refractivity contribution in [3.8, 4) is 5.69 Å². The maximum Gasteiger partial charge on any atom is 0.0971 e. The molecular weight excluding hydrogens is 346 g/mol. The van der Waals surface area contributed by atoms with E-state index in [4.69, 9.17) is 0 Å². The van der Waals surface area contributed by atoms with Gasteiger partial charge in [0.05, 0.1) is 29.3 Å². The molecule has 28 heavy (non-hydrogen) atoms. The van der Waals surface area contributed by atoms with Crippen LogP contribution in [0.15, 0.2) is 42.7 Å². The molecule has 1 radical (unpaired) electrons. The van der Waals surface area contributed by atoms with Gasteiger partial charge in [-0.3, -0.25) is 9.88 Å². The average Bonchev–Trinajstić information content (AvgIpc) is 3.15. The second kappa shape index (κ2) is 7.47. The number of nitrogens with zero attached hydrogens (tertiary/aromatic N) is 5. The maximum atomic E-state index is 4.66. The van der Waals surface area contributed by atoms with Gasteiger partial charge >= 0.3 is 0 Å². The molecule has 0 spiro atoms. The molecule has 0 saturated heterocycles. The van der Waals surface area contributed by atoms with E-state index in [1.54, 1.807) is 0 Å². The van der Waals surface area contributed by atoms with Gasteiger partial charge in [0.1, 0.15) is 0 Å². The lowest BCUT2D eigenvalue weighted by Gasteiger charge is -2.31. The van der Waals surface area contributed by atoms with Crippen LogP contribution in [0.1, 0.15) is 62.2 Å². The smallest absolute Gasteiger partial charge is 0.0971 e. The highest BCUT2D eigenvalue weighted by molar-refractivity contribution is 5.37. The lowest BCUT2D eigenvalue weighted by atomic mass is 9.87. The first-order chi connectivity index (χ1) is 13.4. The van der Waals surface area contributed by atoms with E-state index in [9.17, 15) is 0 Å². The van der Waals surface area contributed by atoms with Crippen molar-refractivity contribution >= 4 is 0 Å². The number of hydrogen-bond donors (Lipinski definition) is 0. The van der Waals surface area contributed by atoms with Crippen molar-refractivity contribution in [2.24, 2.45) is 0 Å². The number of rotatable bonds is 4. The molecule has 2 heterocycles. The molecule has 1 atom stereocenters. The van der Waals surface area contributed by atoms with E-state index >= 15 is 0 Å². The van der Waals surface area contributed by atoms with Gasteiger partial charge in [0.2, 0.25) is 0 Å². The Hall–Kier alpha value is -2.53. The maximum absolute atomic E-state index is 4.66. The molecule has 0 saturated carbocycles. The molecule has 0 N–H and O–H groups in total. The zero-order chi connectivity index (χ0) is 19.7. The van der Waals surface area contributed by atoms with Crippen molar-refractivity contribution in [1.82, 2.24) is 24.9 Å². The van der Waals surface area contributed by atoms with Crippen LogP contribution in [0.3, 0.4) is 0 Å². The summed E-state index contributed by atoms with van der Waals surface area (Å²) in [4.78, 5) is 7.00. The van der Waals surface area contributed by atoms with Crippen molar-refractivity contribution in [2.45, 2.75) is 58.0 Å². The summed E-state index contributed by atoms with van der Waals surface area (Å²) < 4.78 is 1.82. The summed E-state index contributed by atoms with van der Waals surface area (Å²) in [7, 11) is 2.15. The van der Waals surface area contributed by atoms with E-state index in [1.165, 1.54) is 23.2 Å². The fraction of sp³-hybridized carbons (Fsp3) is 0.435. The number of fused-ring (bicyclic) bond motifs is 1. The van der Waals surface area contributed by atoms with Gasteiger partial charge in [0, 0.05) is 18.8 Å². The van der Waals surface area contributed by atoms with Crippen molar-refractivity contribution < 1.29 is 0 Å². The number of aromatic nitrogens is 4. The predicted molar refractivity (Wildman–Crippen MR) is 110 cm³/mol. The normalized spacial score (nSPS) is 17.0. The number of pyridine rings is 1. The molecule has 0 bridgehead atoms. The topological polar surface area (TPSA) is 46.8 Å². The van der Waals surface area contributed by atoms with E-state index in [1.807, 2.05) is 29.2 Å². The lowest BCUT2D eigenvalue weighted by molar-refractivity contribution is 0.206. The second-order valence-electron chi connectivity index (χ2n) is 8.74. The molecule has 0 aliphatic heterocycles. The van der Waals surface area contributed by atoms with Gasteiger partial charge in [0.15, 0.2) is 0 Å². The third kappa shape index (κ3) is 3.85. The van der Waals surface area contributed by atoms with Crippen LogP contribution in [0.5, 0.6) is 0 Å². The van der Waals surface area contributed by atoms with Gasteiger partial charge in [0.25, 0.3) is 0 Å². The van der Waals surface area contributed by atoms with Crippen LogP contribution >= 0.6 is 0 Å². The van der Waals surface area contributed by atoms with Gasteiger partial charge in [-0.25, -0.2) is 4.68 Å². The van der Waals surface area contributed by atoms with Crippen molar-refractivity contribution in [3.05, 3.63) is 71.3 Å². The van der Waals surface area contributed by atoms with Crippen LogP contribution in [0.25, 0.3) is 5.69 Å². The lowest BCUT2D eigenvalue weighted by Crippen LogP contribution is -2.28. The van der Waals surface area contributed by atoms with E-state index < -0.39 is 0 Å². The zero-order valence-corrected chi connectivity index (χ0v) is 17.2. The Morgan fingerprint density at radius 1 is 1.29 bits per heavy atom. The Kier molecular flexibility index (Phi) is 5.02. The van der Waals surface area contributed by atoms with Gasteiger partial charge < -0.3 is 0 Å². The minimum absolute atomic E-state index is 0.0921. The quantitative estimate of drug-likeness (QED) is 0.684. The molecule has 1 aliphatic rings. The second-order valence-corrected chi connectivity index (χ2v) is 8.74. The first-order valence-corrected chi connectivity index (χ1v) is 9.99. The molecule has 4 rings (SSSR count). The molecule has 0 amide bonds. The van der Waals surface area contributed by atoms with Gasteiger partial charge in [-0.2, -0.15) is 0 Å². The molecule has 1 aromatic carbocycles. The molecule has 3 aromatic rings. The number of aryl methyl sites for hydroxylation is 1. The molecule has 5 heteroatoms. The molecule has 1 aliphatic carbocycles.